The molecule has 0 saturated heterocycles. The lowest BCUT2D eigenvalue weighted by Gasteiger charge is -2.24. The molecule has 0 aliphatic rings. The van der Waals surface area contributed by atoms with E-state index in [1.807, 2.05) is 0 Å². The fraction of sp³-hybridized carbons (Fsp3) is 0.385. The van der Waals surface area contributed by atoms with Gasteiger partial charge in [-0.25, -0.2) is 4.39 Å². The number of nitrogens with zero attached hydrogens (tertiary/aromatic N) is 1. The van der Waals surface area contributed by atoms with Gasteiger partial charge in [-0.1, -0.05) is 25.2 Å². The molecule has 0 spiro atoms. The lowest BCUT2D eigenvalue weighted by molar-refractivity contribution is -0.144. The van der Waals surface area contributed by atoms with Crippen molar-refractivity contribution in [2.75, 3.05) is 25.6 Å². The highest BCUT2D eigenvalue weighted by Gasteiger charge is 2.19. The van der Waals surface area contributed by atoms with Crippen molar-refractivity contribution in [1.29, 1.82) is 0 Å². The Bertz CT molecular complexity index is 494. The van der Waals surface area contributed by atoms with Crippen LogP contribution in [0.4, 0.5) is 10.1 Å². The summed E-state index contributed by atoms with van der Waals surface area (Å²) in [5, 5.41) is 0. The van der Waals surface area contributed by atoms with E-state index in [1.165, 1.54) is 13.2 Å². The molecule has 0 heterocycles. The van der Waals surface area contributed by atoms with Crippen LogP contribution in [0.5, 0.6) is 0 Å². The average Bonchev–Trinajstić information content (AvgIpc) is 2.36. The fourth-order valence-corrected chi connectivity index (χ4v) is 2.06. The molecule has 1 aromatic carbocycles. The molecule has 0 radical (unpaired) electrons. The van der Waals surface area contributed by atoms with E-state index in [0.29, 0.717) is 12.2 Å². The van der Waals surface area contributed by atoms with Crippen molar-refractivity contribution in [3.05, 3.63) is 29.6 Å². The number of thiocarbonyl (C=S) groups is 1. The first-order valence-electron chi connectivity index (χ1n) is 5.75. The molecule has 4 nitrogen and oxygen atoms in total. The van der Waals surface area contributed by atoms with Crippen LogP contribution in [-0.2, 0) is 9.53 Å². The van der Waals surface area contributed by atoms with E-state index < -0.39 is 5.82 Å². The van der Waals surface area contributed by atoms with Gasteiger partial charge in [-0.2, -0.15) is 0 Å². The zero-order chi connectivity index (χ0) is 14.6. The summed E-state index contributed by atoms with van der Waals surface area (Å²) in [4.78, 5) is 13.1. The minimum atomic E-state index is -0.470. The molecule has 1 atom stereocenters. The number of rotatable bonds is 5. The Balaban J connectivity index is 3.00. The van der Waals surface area contributed by atoms with Gasteiger partial charge in [-0.15, -0.1) is 0 Å². The van der Waals surface area contributed by atoms with Gasteiger partial charge >= 0.3 is 5.97 Å². The van der Waals surface area contributed by atoms with Crippen LogP contribution in [0.3, 0.4) is 0 Å². The molecule has 104 valence electrons. The van der Waals surface area contributed by atoms with Gasteiger partial charge in [-0.3, -0.25) is 4.79 Å². The quantitative estimate of drug-likeness (QED) is 0.659. The van der Waals surface area contributed by atoms with E-state index in [-0.39, 0.29) is 22.4 Å². The van der Waals surface area contributed by atoms with Crippen molar-refractivity contribution in [2.24, 2.45) is 11.7 Å². The maximum Gasteiger partial charge on any atom is 0.310 e. The predicted molar refractivity (Wildman–Crippen MR) is 76.7 cm³/mol. The minimum Gasteiger partial charge on any atom is -0.469 e. The van der Waals surface area contributed by atoms with Gasteiger partial charge < -0.3 is 15.4 Å². The van der Waals surface area contributed by atoms with Crippen LogP contribution in [0.1, 0.15) is 12.5 Å². The average molecular weight is 284 g/mol. The molecule has 1 rings (SSSR count). The summed E-state index contributed by atoms with van der Waals surface area (Å²) in [6, 6.07) is 4.59. The second-order valence-corrected chi connectivity index (χ2v) is 4.74. The third-order valence-electron chi connectivity index (χ3n) is 2.80. The molecule has 0 aliphatic carbocycles. The number of anilines is 1. The Morgan fingerprint density at radius 2 is 2.21 bits per heavy atom. The molecule has 0 amide bonds. The van der Waals surface area contributed by atoms with Crippen molar-refractivity contribution >= 4 is 28.9 Å². The minimum absolute atomic E-state index is 0.00864. The monoisotopic (exact) mass is 284 g/mol. The molecule has 0 aromatic heterocycles. The largest absolute Gasteiger partial charge is 0.469 e. The normalized spacial score (nSPS) is 11.8. The van der Waals surface area contributed by atoms with Crippen LogP contribution < -0.4 is 10.6 Å². The van der Waals surface area contributed by atoms with Crippen molar-refractivity contribution in [3.8, 4) is 0 Å². The molecule has 2 N–H and O–H groups in total. The topological polar surface area (TPSA) is 55.6 Å². The van der Waals surface area contributed by atoms with Gasteiger partial charge in [0.05, 0.1) is 18.6 Å². The van der Waals surface area contributed by atoms with Gasteiger partial charge in [0.1, 0.15) is 10.8 Å². The Labute approximate surface area is 117 Å². The van der Waals surface area contributed by atoms with Crippen LogP contribution >= 0.6 is 12.2 Å². The molecule has 1 unspecified atom stereocenters. The Morgan fingerprint density at radius 1 is 1.58 bits per heavy atom. The van der Waals surface area contributed by atoms with E-state index in [9.17, 15) is 9.18 Å². The van der Waals surface area contributed by atoms with Crippen molar-refractivity contribution < 1.29 is 13.9 Å². The highest BCUT2D eigenvalue weighted by molar-refractivity contribution is 7.80. The molecule has 19 heavy (non-hydrogen) atoms. The lowest BCUT2D eigenvalue weighted by Crippen LogP contribution is -2.31. The maximum absolute atomic E-state index is 13.7. The number of halogens is 1. The lowest BCUT2D eigenvalue weighted by atomic mass is 10.1. The van der Waals surface area contributed by atoms with Crippen molar-refractivity contribution in [2.45, 2.75) is 6.92 Å². The van der Waals surface area contributed by atoms with Gasteiger partial charge in [0.2, 0.25) is 0 Å². The molecular formula is C13H17FN2O2S. The van der Waals surface area contributed by atoms with Gasteiger partial charge in [0.25, 0.3) is 0 Å². The number of carbonyl (C=O) groups is 1. The summed E-state index contributed by atoms with van der Waals surface area (Å²) in [5.74, 6) is -1.12. The zero-order valence-electron chi connectivity index (χ0n) is 11.1. The standard InChI is InChI=1S/C13H17FN2O2S/c1-8(13(17)18-3)7-16(2)10-6-4-5-9(14)11(10)12(15)19/h4-6,8H,7H2,1-3H3,(H2,15,19). The van der Waals surface area contributed by atoms with E-state index in [1.54, 1.807) is 31.0 Å². The van der Waals surface area contributed by atoms with Crippen LogP contribution in [0.25, 0.3) is 0 Å². The number of nitrogens with two attached hydrogens (primary N) is 1. The Kier molecular flexibility index (Phi) is 5.23. The summed E-state index contributed by atoms with van der Waals surface area (Å²) < 4.78 is 18.4. The number of methoxy groups -OCH3 is 1. The van der Waals surface area contributed by atoms with Crippen LogP contribution in [0, 0.1) is 11.7 Å². The fourth-order valence-electron chi connectivity index (χ4n) is 1.86. The van der Waals surface area contributed by atoms with Crippen LogP contribution in [0.2, 0.25) is 0 Å². The summed E-state index contributed by atoms with van der Waals surface area (Å²) in [6.07, 6.45) is 0. The van der Waals surface area contributed by atoms with Gasteiger partial charge in [0, 0.05) is 19.3 Å². The summed E-state index contributed by atoms with van der Waals surface area (Å²) in [6.45, 7) is 2.12. The number of esters is 1. The Morgan fingerprint density at radius 3 is 2.74 bits per heavy atom. The second kappa shape index (κ2) is 6.47. The van der Waals surface area contributed by atoms with E-state index in [2.05, 4.69) is 4.74 Å². The zero-order valence-corrected chi connectivity index (χ0v) is 12.0. The molecule has 6 heteroatoms. The predicted octanol–water partition coefficient (Wildman–Crippen LogP) is 1.71. The summed E-state index contributed by atoms with van der Waals surface area (Å²) in [7, 11) is 3.08. The first-order valence-corrected chi connectivity index (χ1v) is 6.16. The van der Waals surface area contributed by atoms with Crippen molar-refractivity contribution in [1.82, 2.24) is 0 Å². The third-order valence-corrected chi connectivity index (χ3v) is 3.00. The highest BCUT2D eigenvalue weighted by Crippen LogP contribution is 2.23. The number of ether oxygens (including phenoxy) is 1. The molecule has 0 fully saturated rings. The number of hydrogen-bond acceptors (Lipinski definition) is 4. The number of hydrogen-bond donors (Lipinski definition) is 1. The second-order valence-electron chi connectivity index (χ2n) is 4.30. The van der Waals surface area contributed by atoms with E-state index >= 15 is 0 Å². The molecule has 1 aromatic rings. The Hall–Kier alpha value is -1.69. The van der Waals surface area contributed by atoms with Gasteiger partial charge in [0.15, 0.2) is 0 Å². The molecule has 0 aliphatic heterocycles. The van der Waals surface area contributed by atoms with E-state index in [0.717, 1.165) is 0 Å². The maximum atomic E-state index is 13.7. The number of carbonyl (C=O) groups excluding carboxylic acids is 1. The van der Waals surface area contributed by atoms with Crippen LogP contribution in [-0.4, -0.2) is 31.7 Å². The summed E-state index contributed by atoms with van der Waals surface area (Å²) in [5.41, 5.74) is 6.29. The highest BCUT2D eigenvalue weighted by atomic mass is 32.1. The molecular weight excluding hydrogens is 267 g/mol. The SMILES string of the molecule is COC(=O)C(C)CN(C)c1cccc(F)c1C(N)=S. The van der Waals surface area contributed by atoms with Crippen molar-refractivity contribution in [3.63, 3.8) is 0 Å². The third kappa shape index (κ3) is 3.64. The van der Waals surface area contributed by atoms with Crippen LogP contribution in [0.15, 0.2) is 18.2 Å². The van der Waals surface area contributed by atoms with Gasteiger partial charge in [-0.05, 0) is 12.1 Å². The smallest absolute Gasteiger partial charge is 0.310 e. The first-order chi connectivity index (χ1) is 8.88. The first kappa shape index (κ1) is 15.4. The molecule has 0 saturated carbocycles. The number of benzene rings is 1. The van der Waals surface area contributed by atoms with E-state index in [4.69, 9.17) is 18.0 Å². The summed E-state index contributed by atoms with van der Waals surface area (Å²) >= 11 is 4.86. The molecule has 0 bridgehead atoms.